The molecule has 0 saturated heterocycles. The second-order valence-corrected chi connectivity index (χ2v) is 6.15. The van der Waals surface area contributed by atoms with Crippen molar-refractivity contribution in [3.63, 3.8) is 0 Å². The normalized spacial score (nSPS) is 13.1. The van der Waals surface area contributed by atoms with Gasteiger partial charge in [0.15, 0.2) is 5.78 Å². The summed E-state index contributed by atoms with van der Waals surface area (Å²) in [5, 5.41) is 4.38. The Kier molecular flexibility index (Phi) is 2.48. The predicted octanol–water partition coefficient (Wildman–Crippen LogP) is 5.13. The fourth-order valence-corrected chi connectivity index (χ4v) is 3.79. The Balaban J connectivity index is 1.88. The maximum absolute atomic E-state index is 13.3. The van der Waals surface area contributed by atoms with Crippen molar-refractivity contribution in [1.82, 2.24) is 0 Å². The molecule has 4 aromatic rings. The zero-order valence-corrected chi connectivity index (χ0v) is 12.5. The molecule has 0 spiro atoms. The van der Waals surface area contributed by atoms with E-state index in [1.807, 2.05) is 24.3 Å². The molecule has 0 fully saturated rings. The van der Waals surface area contributed by atoms with Gasteiger partial charge in [-0.2, -0.15) is 0 Å². The molecule has 4 aromatic carbocycles. The number of carbonyl (C=O) groups excluding carboxylic acids is 1. The fraction of sp³-hybridized carbons (Fsp3) is 0.0455. The molecule has 0 radical (unpaired) electrons. The van der Waals surface area contributed by atoms with Crippen LogP contribution in [-0.4, -0.2) is 5.78 Å². The summed E-state index contributed by atoms with van der Waals surface area (Å²) in [6.07, 6.45) is 0.825. The molecule has 0 bridgehead atoms. The molecule has 1 aliphatic carbocycles. The quantitative estimate of drug-likeness (QED) is 0.387. The van der Waals surface area contributed by atoms with Crippen molar-refractivity contribution in [3.8, 4) is 0 Å². The van der Waals surface area contributed by atoms with E-state index in [2.05, 4.69) is 48.5 Å². The van der Waals surface area contributed by atoms with Crippen LogP contribution < -0.4 is 0 Å². The van der Waals surface area contributed by atoms with Gasteiger partial charge < -0.3 is 0 Å². The number of rotatable bonds is 0. The minimum Gasteiger partial charge on any atom is -0.289 e. The highest BCUT2D eigenvalue weighted by atomic mass is 16.1. The SMILES string of the molecule is O=C1c2c(ccc3ccccc23)Cc2ccc3ccccc3c21. The number of carbonyl (C=O) groups is 1. The second kappa shape index (κ2) is 4.53. The molecule has 1 aliphatic rings. The Labute approximate surface area is 134 Å². The second-order valence-electron chi connectivity index (χ2n) is 6.15. The van der Waals surface area contributed by atoms with Gasteiger partial charge in [0, 0.05) is 11.1 Å². The third kappa shape index (κ3) is 1.71. The van der Waals surface area contributed by atoms with Gasteiger partial charge in [0.1, 0.15) is 0 Å². The van der Waals surface area contributed by atoms with Gasteiger partial charge in [-0.3, -0.25) is 4.79 Å². The molecule has 23 heavy (non-hydrogen) atoms. The molecule has 0 aromatic heterocycles. The minimum absolute atomic E-state index is 0.162. The van der Waals surface area contributed by atoms with Crippen molar-refractivity contribution in [2.75, 3.05) is 0 Å². The first-order valence-electron chi connectivity index (χ1n) is 7.89. The summed E-state index contributed by atoms with van der Waals surface area (Å²) in [5.41, 5.74) is 4.03. The van der Waals surface area contributed by atoms with Crippen LogP contribution >= 0.6 is 0 Å². The molecular weight excluding hydrogens is 280 g/mol. The molecule has 0 N–H and O–H groups in total. The van der Waals surface area contributed by atoms with Crippen molar-refractivity contribution < 1.29 is 4.79 Å². The first-order valence-corrected chi connectivity index (χ1v) is 7.89. The van der Waals surface area contributed by atoms with Crippen molar-refractivity contribution in [3.05, 3.63) is 95.1 Å². The van der Waals surface area contributed by atoms with Crippen LogP contribution in [0.3, 0.4) is 0 Å². The summed E-state index contributed by atoms with van der Waals surface area (Å²) >= 11 is 0. The average molecular weight is 294 g/mol. The molecule has 0 saturated carbocycles. The van der Waals surface area contributed by atoms with Crippen LogP contribution in [0.15, 0.2) is 72.8 Å². The first kappa shape index (κ1) is 12.6. The zero-order chi connectivity index (χ0) is 15.4. The van der Waals surface area contributed by atoms with Gasteiger partial charge in [0.25, 0.3) is 0 Å². The van der Waals surface area contributed by atoms with Gasteiger partial charge in [-0.05, 0) is 39.1 Å². The lowest BCUT2D eigenvalue weighted by Crippen LogP contribution is -2.16. The van der Waals surface area contributed by atoms with Crippen LogP contribution in [0, 0.1) is 0 Å². The highest BCUT2D eigenvalue weighted by Gasteiger charge is 2.26. The van der Waals surface area contributed by atoms with E-state index in [4.69, 9.17) is 0 Å². The summed E-state index contributed by atoms with van der Waals surface area (Å²) in [7, 11) is 0. The van der Waals surface area contributed by atoms with Gasteiger partial charge in [0.2, 0.25) is 0 Å². The van der Waals surface area contributed by atoms with Crippen LogP contribution in [-0.2, 0) is 6.42 Å². The molecule has 0 atom stereocenters. The third-order valence-electron chi connectivity index (χ3n) is 4.87. The Morgan fingerprint density at radius 1 is 0.565 bits per heavy atom. The minimum atomic E-state index is 0.162. The number of benzene rings is 4. The van der Waals surface area contributed by atoms with Gasteiger partial charge in [-0.1, -0.05) is 72.8 Å². The highest BCUT2D eigenvalue weighted by molar-refractivity contribution is 6.24. The standard InChI is InChI=1S/C22H14O/c23-22-20-16(11-9-14-5-1-3-7-18(14)20)13-17-12-10-15-6-2-4-8-19(15)21(17)22/h1-12H,13H2. The maximum atomic E-state index is 13.3. The van der Waals surface area contributed by atoms with E-state index in [9.17, 15) is 4.79 Å². The Morgan fingerprint density at radius 3 is 1.57 bits per heavy atom. The lowest BCUT2D eigenvalue weighted by molar-refractivity contribution is 0.103. The fourth-order valence-electron chi connectivity index (χ4n) is 3.79. The van der Waals surface area contributed by atoms with Crippen molar-refractivity contribution in [2.45, 2.75) is 6.42 Å². The summed E-state index contributed by atoms with van der Waals surface area (Å²) in [6.45, 7) is 0. The maximum Gasteiger partial charge on any atom is 0.194 e. The first-order chi connectivity index (χ1) is 11.3. The number of fused-ring (bicyclic) bond motifs is 6. The van der Waals surface area contributed by atoms with Crippen LogP contribution in [0.4, 0.5) is 0 Å². The van der Waals surface area contributed by atoms with Gasteiger partial charge in [-0.15, -0.1) is 0 Å². The van der Waals surface area contributed by atoms with Crippen molar-refractivity contribution in [2.24, 2.45) is 0 Å². The average Bonchev–Trinajstić information content (AvgIpc) is 2.61. The van der Waals surface area contributed by atoms with Crippen molar-refractivity contribution >= 4 is 27.3 Å². The molecule has 0 heterocycles. The molecule has 0 amide bonds. The largest absolute Gasteiger partial charge is 0.289 e. The zero-order valence-electron chi connectivity index (χ0n) is 12.5. The van der Waals surface area contributed by atoms with Crippen LogP contribution in [0.25, 0.3) is 21.5 Å². The van der Waals surface area contributed by atoms with Gasteiger partial charge in [-0.25, -0.2) is 0 Å². The molecule has 0 unspecified atom stereocenters. The molecule has 1 heteroatoms. The van der Waals surface area contributed by atoms with Crippen LogP contribution in [0.1, 0.15) is 27.0 Å². The monoisotopic (exact) mass is 294 g/mol. The van der Waals surface area contributed by atoms with Crippen LogP contribution in [0.2, 0.25) is 0 Å². The smallest absolute Gasteiger partial charge is 0.194 e. The van der Waals surface area contributed by atoms with E-state index in [1.165, 1.54) is 0 Å². The van der Waals surface area contributed by atoms with E-state index in [0.29, 0.717) is 0 Å². The molecular formula is C22H14O. The number of ketones is 1. The van der Waals surface area contributed by atoms with Crippen molar-refractivity contribution in [1.29, 1.82) is 0 Å². The van der Waals surface area contributed by atoms with E-state index in [0.717, 1.165) is 50.2 Å². The Hall–Kier alpha value is -2.93. The number of hydrogen-bond acceptors (Lipinski definition) is 1. The summed E-state index contributed by atoms with van der Waals surface area (Å²) in [4.78, 5) is 13.3. The van der Waals surface area contributed by atoms with E-state index < -0.39 is 0 Å². The van der Waals surface area contributed by atoms with Gasteiger partial charge >= 0.3 is 0 Å². The molecule has 5 rings (SSSR count). The topological polar surface area (TPSA) is 17.1 Å². The Morgan fingerprint density at radius 2 is 1.04 bits per heavy atom. The molecule has 1 nitrogen and oxygen atoms in total. The van der Waals surface area contributed by atoms with E-state index in [-0.39, 0.29) is 5.78 Å². The summed E-state index contributed by atoms with van der Waals surface area (Å²) in [5.74, 6) is 0.162. The number of hydrogen-bond donors (Lipinski definition) is 0. The molecule has 108 valence electrons. The van der Waals surface area contributed by atoms with Gasteiger partial charge in [0.05, 0.1) is 0 Å². The lowest BCUT2D eigenvalue weighted by Gasteiger charge is -2.21. The third-order valence-corrected chi connectivity index (χ3v) is 4.87. The van der Waals surface area contributed by atoms with Crippen LogP contribution in [0.5, 0.6) is 0 Å². The van der Waals surface area contributed by atoms with E-state index in [1.54, 1.807) is 0 Å². The van der Waals surface area contributed by atoms with E-state index >= 15 is 0 Å². The summed E-state index contributed by atoms with van der Waals surface area (Å²) in [6, 6.07) is 24.8. The molecule has 0 aliphatic heterocycles. The highest BCUT2D eigenvalue weighted by Crippen LogP contribution is 2.35. The predicted molar refractivity (Wildman–Crippen MR) is 94.1 cm³/mol. The summed E-state index contributed by atoms with van der Waals surface area (Å²) < 4.78 is 0. The Bertz CT molecular complexity index is 1020. The lowest BCUT2D eigenvalue weighted by atomic mass is 9.80.